The van der Waals surface area contributed by atoms with Crippen LogP contribution in [0.3, 0.4) is 0 Å². The van der Waals surface area contributed by atoms with Crippen molar-refractivity contribution in [2.45, 2.75) is 24.5 Å². The van der Waals surface area contributed by atoms with E-state index in [4.69, 9.17) is 0 Å². The maximum atomic E-state index is 12.9. The molecule has 1 saturated heterocycles. The number of aromatic nitrogens is 3. The molecule has 4 rings (SSSR count). The van der Waals surface area contributed by atoms with Gasteiger partial charge in [-0.25, -0.2) is 13.4 Å². The number of nitrogens with zero attached hydrogens (tertiary/aromatic N) is 5. The number of pyridine rings is 1. The zero-order valence-corrected chi connectivity index (χ0v) is 18.6. The van der Waals surface area contributed by atoms with Crippen molar-refractivity contribution in [3.05, 3.63) is 53.0 Å². The maximum Gasteiger partial charge on any atom is 0.252 e. The Kier molecular flexibility index (Phi) is 5.98. The molecule has 0 amide bonds. The molecule has 0 saturated carbocycles. The lowest BCUT2D eigenvalue weighted by Crippen LogP contribution is -2.48. The summed E-state index contributed by atoms with van der Waals surface area (Å²) in [5.74, 6) is 2.06. The van der Waals surface area contributed by atoms with Gasteiger partial charge in [0.2, 0.25) is 0 Å². The Bertz CT molecular complexity index is 1090. The van der Waals surface area contributed by atoms with E-state index in [2.05, 4.69) is 25.4 Å². The summed E-state index contributed by atoms with van der Waals surface area (Å²) < 4.78 is 27.7. The molecule has 0 unspecified atom stereocenters. The van der Waals surface area contributed by atoms with E-state index in [0.717, 1.165) is 22.7 Å². The van der Waals surface area contributed by atoms with E-state index in [-0.39, 0.29) is 0 Å². The Labute approximate surface area is 180 Å². The Morgan fingerprint density at radius 1 is 1.00 bits per heavy atom. The first-order chi connectivity index (χ1) is 14.5. The van der Waals surface area contributed by atoms with Crippen LogP contribution in [0.25, 0.3) is 0 Å². The SMILES string of the molecule is CCc1ccc(S(=O)(=O)N2CCN(c3ccc(Nc4ccc(C)cn4)nn3)CC2)s1. The monoisotopic (exact) mass is 444 g/mol. The number of aryl methyl sites for hydroxylation is 2. The molecule has 8 nitrogen and oxygen atoms in total. The molecule has 0 bridgehead atoms. The second-order valence-corrected chi connectivity index (χ2v) is 10.4. The van der Waals surface area contributed by atoms with Crippen LogP contribution in [0.1, 0.15) is 17.4 Å². The summed E-state index contributed by atoms with van der Waals surface area (Å²) in [6.45, 7) is 6.02. The van der Waals surface area contributed by atoms with E-state index < -0.39 is 10.0 Å². The van der Waals surface area contributed by atoms with E-state index >= 15 is 0 Å². The lowest BCUT2D eigenvalue weighted by Gasteiger charge is -2.34. The second kappa shape index (κ2) is 8.66. The quantitative estimate of drug-likeness (QED) is 0.625. The van der Waals surface area contributed by atoms with Crippen LogP contribution in [0.2, 0.25) is 0 Å². The predicted octanol–water partition coefficient (Wildman–Crippen LogP) is 3.06. The number of piperazine rings is 1. The highest BCUT2D eigenvalue weighted by molar-refractivity contribution is 7.91. The highest BCUT2D eigenvalue weighted by Gasteiger charge is 2.30. The van der Waals surface area contributed by atoms with Crippen LogP contribution in [-0.4, -0.2) is 54.1 Å². The molecule has 158 valence electrons. The van der Waals surface area contributed by atoms with Crippen LogP contribution in [-0.2, 0) is 16.4 Å². The molecule has 1 N–H and O–H groups in total. The van der Waals surface area contributed by atoms with Crippen molar-refractivity contribution in [1.82, 2.24) is 19.5 Å². The van der Waals surface area contributed by atoms with E-state index in [9.17, 15) is 8.42 Å². The third-order valence-corrected chi connectivity index (χ3v) is 8.56. The van der Waals surface area contributed by atoms with Gasteiger partial charge in [-0.1, -0.05) is 13.0 Å². The van der Waals surface area contributed by atoms with Crippen LogP contribution in [0.4, 0.5) is 17.5 Å². The van der Waals surface area contributed by atoms with Gasteiger partial charge in [0.1, 0.15) is 10.0 Å². The molecule has 0 aliphatic carbocycles. The fourth-order valence-electron chi connectivity index (χ4n) is 3.21. The minimum absolute atomic E-state index is 0.424. The van der Waals surface area contributed by atoms with Gasteiger partial charge in [-0.2, -0.15) is 4.31 Å². The molecule has 1 aliphatic heterocycles. The minimum Gasteiger partial charge on any atom is -0.352 e. The van der Waals surface area contributed by atoms with Crippen molar-refractivity contribution < 1.29 is 8.42 Å². The summed E-state index contributed by atoms with van der Waals surface area (Å²) in [5, 5.41) is 11.6. The fraction of sp³-hybridized carbons (Fsp3) is 0.350. The molecule has 4 heterocycles. The van der Waals surface area contributed by atoms with Crippen molar-refractivity contribution in [3.8, 4) is 0 Å². The molecule has 0 atom stereocenters. The minimum atomic E-state index is -3.43. The van der Waals surface area contributed by atoms with Gasteiger partial charge in [0.15, 0.2) is 11.6 Å². The normalized spacial score (nSPS) is 15.3. The summed E-state index contributed by atoms with van der Waals surface area (Å²) in [5.41, 5.74) is 1.09. The first kappa shape index (κ1) is 20.7. The summed E-state index contributed by atoms with van der Waals surface area (Å²) in [6.07, 6.45) is 2.63. The standard InChI is InChI=1S/C20H24N6O2S2/c1-3-16-5-9-20(29-16)30(27,28)26-12-10-25(11-13-26)19-8-7-18(23-24-19)22-17-6-4-15(2)14-21-17/h4-9,14H,3,10-13H2,1-2H3,(H,21,22,23). The van der Waals surface area contributed by atoms with E-state index in [1.807, 2.05) is 44.2 Å². The van der Waals surface area contributed by atoms with Gasteiger partial charge < -0.3 is 10.2 Å². The molecule has 0 radical (unpaired) electrons. The van der Waals surface area contributed by atoms with Gasteiger partial charge in [-0.15, -0.1) is 21.5 Å². The fourth-order valence-corrected chi connectivity index (χ4v) is 6.08. The zero-order chi connectivity index (χ0) is 21.1. The molecule has 30 heavy (non-hydrogen) atoms. The lowest BCUT2D eigenvalue weighted by molar-refractivity contribution is 0.384. The Morgan fingerprint density at radius 3 is 2.37 bits per heavy atom. The summed E-state index contributed by atoms with van der Waals surface area (Å²) in [7, 11) is -3.43. The maximum absolute atomic E-state index is 12.9. The molecule has 10 heteroatoms. The molecule has 3 aromatic heterocycles. The van der Waals surface area contributed by atoms with Crippen molar-refractivity contribution >= 4 is 38.8 Å². The number of thiophene rings is 1. The van der Waals surface area contributed by atoms with Crippen LogP contribution >= 0.6 is 11.3 Å². The topological polar surface area (TPSA) is 91.3 Å². The smallest absolute Gasteiger partial charge is 0.252 e. The summed E-state index contributed by atoms with van der Waals surface area (Å²) in [4.78, 5) is 7.43. The predicted molar refractivity (Wildman–Crippen MR) is 119 cm³/mol. The van der Waals surface area contributed by atoms with Gasteiger partial charge in [-0.05, 0) is 49.2 Å². The van der Waals surface area contributed by atoms with Crippen molar-refractivity contribution in [2.75, 3.05) is 36.4 Å². The van der Waals surface area contributed by atoms with Crippen molar-refractivity contribution in [1.29, 1.82) is 0 Å². The third-order valence-electron chi connectivity index (χ3n) is 4.96. The van der Waals surface area contributed by atoms with E-state index in [0.29, 0.717) is 42.0 Å². The van der Waals surface area contributed by atoms with Gasteiger partial charge >= 0.3 is 0 Å². The molecular formula is C20H24N6O2S2. The van der Waals surface area contributed by atoms with Crippen molar-refractivity contribution in [3.63, 3.8) is 0 Å². The first-order valence-corrected chi connectivity index (χ1v) is 12.1. The zero-order valence-electron chi connectivity index (χ0n) is 16.9. The molecule has 0 spiro atoms. The first-order valence-electron chi connectivity index (χ1n) is 9.83. The Hall–Kier alpha value is -2.56. The molecule has 1 fully saturated rings. The van der Waals surface area contributed by atoms with Crippen LogP contribution in [0.15, 0.2) is 46.8 Å². The summed E-state index contributed by atoms with van der Waals surface area (Å²) >= 11 is 1.36. The average molecular weight is 445 g/mol. The lowest BCUT2D eigenvalue weighted by atomic mass is 10.3. The number of anilines is 3. The Morgan fingerprint density at radius 2 is 1.77 bits per heavy atom. The number of sulfonamides is 1. The number of hydrogen-bond acceptors (Lipinski definition) is 8. The van der Waals surface area contributed by atoms with Gasteiger partial charge in [-0.3, -0.25) is 0 Å². The van der Waals surface area contributed by atoms with E-state index in [1.165, 1.54) is 11.3 Å². The molecular weight excluding hydrogens is 420 g/mol. The number of rotatable bonds is 6. The van der Waals surface area contributed by atoms with Gasteiger partial charge in [0, 0.05) is 37.3 Å². The highest BCUT2D eigenvalue weighted by atomic mass is 32.2. The Balaban J connectivity index is 1.37. The third kappa shape index (κ3) is 4.45. The number of nitrogens with one attached hydrogen (secondary N) is 1. The summed E-state index contributed by atoms with van der Waals surface area (Å²) in [6, 6.07) is 11.2. The van der Waals surface area contributed by atoms with Crippen molar-refractivity contribution in [2.24, 2.45) is 0 Å². The van der Waals surface area contributed by atoms with Crippen LogP contribution < -0.4 is 10.2 Å². The largest absolute Gasteiger partial charge is 0.352 e. The van der Waals surface area contributed by atoms with Gasteiger partial charge in [0.05, 0.1) is 0 Å². The molecule has 0 aromatic carbocycles. The number of hydrogen-bond donors (Lipinski definition) is 1. The van der Waals surface area contributed by atoms with E-state index in [1.54, 1.807) is 16.6 Å². The molecule has 1 aliphatic rings. The highest BCUT2D eigenvalue weighted by Crippen LogP contribution is 2.26. The van der Waals surface area contributed by atoms with Crippen LogP contribution in [0.5, 0.6) is 0 Å². The second-order valence-electron chi connectivity index (χ2n) is 7.09. The molecule has 3 aromatic rings. The van der Waals surface area contributed by atoms with Crippen LogP contribution in [0, 0.1) is 6.92 Å². The average Bonchev–Trinajstić information content (AvgIpc) is 3.26. The van der Waals surface area contributed by atoms with Gasteiger partial charge in [0.25, 0.3) is 10.0 Å².